The van der Waals surface area contributed by atoms with Crippen molar-refractivity contribution in [2.45, 2.75) is 32.2 Å². The molecule has 2 aliphatic rings. The molecule has 1 N–H and O–H groups in total. The molecule has 1 unspecified atom stereocenters. The summed E-state index contributed by atoms with van der Waals surface area (Å²) in [5, 5.41) is 3.72. The number of anilines is 1. The molecule has 1 atom stereocenters. The van der Waals surface area contributed by atoms with Gasteiger partial charge in [0.2, 0.25) is 0 Å². The van der Waals surface area contributed by atoms with Crippen molar-refractivity contribution in [1.29, 1.82) is 0 Å². The Bertz CT molecular complexity index is 429. The minimum absolute atomic E-state index is 0.705. The van der Waals surface area contributed by atoms with Crippen LogP contribution in [0.25, 0.3) is 0 Å². The zero-order valence-electron chi connectivity index (χ0n) is 11.0. The first-order chi connectivity index (χ1) is 8.74. The van der Waals surface area contributed by atoms with E-state index in [0.29, 0.717) is 6.04 Å². The number of hydrogen-bond donors (Lipinski definition) is 1. The summed E-state index contributed by atoms with van der Waals surface area (Å²) < 4.78 is 1.21. The highest BCUT2D eigenvalue weighted by Crippen LogP contribution is 2.34. The van der Waals surface area contributed by atoms with Gasteiger partial charge in [0.1, 0.15) is 0 Å². The van der Waals surface area contributed by atoms with Crippen molar-refractivity contribution < 1.29 is 0 Å². The Hall–Kier alpha value is -0.540. The van der Waals surface area contributed by atoms with Crippen molar-refractivity contribution in [1.82, 2.24) is 5.32 Å². The SMILES string of the molecule is Cc1cc(N2CCCNC(C3CC3)C2)ccc1Br. The predicted molar refractivity (Wildman–Crippen MR) is 80.2 cm³/mol. The number of halogens is 1. The van der Waals surface area contributed by atoms with Crippen LogP contribution < -0.4 is 10.2 Å². The average Bonchev–Trinajstić information content (AvgIpc) is 3.16. The summed E-state index contributed by atoms with van der Waals surface area (Å²) in [6.07, 6.45) is 4.09. The number of hydrogen-bond acceptors (Lipinski definition) is 2. The molecule has 1 saturated carbocycles. The molecular formula is C15H21BrN2. The summed E-state index contributed by atoms with van der Waals surface area (Å²) in [5.74, 6) is 0.933. The molecule has 1 aromatic rings. The first kappa shape index (κ1) is 12.5. The number of nitrogens with one attached hydrogen (secondary N) is 1. The molecule has 1 aliphatic heterocycles. The fourth-order valence-corrected chi connectivity index (χ4v) is 3.07. The van der Waals surface area contributed by atoms with Crippen molar-refractivity contribution in [3.05, 3.63) is 28.2 Å². The summed E-state index contributed by atoms with van der Waals surface area (Å²) >= 11 is 3.58. The molecule has 3 heteroatoms. The second kappa shape index (κ2) is 5.22. The fraction of sp³-hybridized carbons (Fsp3) is 0.600. The molecule has 0 bridgehead atoms. The van der Waals surface area contributed by atoms with Gasteiger partial charge in [0.15, 0.2) is 0 Å². The second-order valence-electron chi connectivity index (χ2n) is 5.63. The first-order valence-electron chi connectivity index (χ1n) is 6.98. The molecule has 1 aliphatic carbocycles. The van der Waals surface area contributed by atoms with E-state index in [1.54, 1.807) is 0 Å². The monoisotopic (exact) mass is 308 g/mol. The van der Waals surface area contributed by atoms with Gasteiger partial charge in [-0.1, -0.05) is 15.9 Å². The summed E-state index contributed by atoms with van der Waals surface area (Å²) in [6, 6.07) is 7.43. The van der Waals surface area contributed by atoms with E-state index in [1.807, 2.05) is 0 Å². The van der Waals surface area contributed by atoms with Crippen molar-refractivity contribution in [2.75, 3.05) is 24.5 Å². The summed E-state index contributed by atoms with van der Waals surface area (Å²) in [4.78, 5) is 2.56. The van der Waals surface area contributed by atoms with E-state index in [4.69, 9.17) is 0 Å². The van der Waals surface area contributed by atoms with Gasteiger partial charge in [0.25, 0.3) is 0 Å². The molecule has 0 spiro atoms. The van der Waals surface area contributed by atoms with Crippen molar-refractivity contribution >= 4 is 21.6 Å². The maximum Gasteiger partial charge on any atom is 0.0370 e. The normalized spacial score (nSPS) is 25.0. The van der Waals surface area contributed by atoms with Crippen LogP contribution in [0.4, 0.5) is 5.69 Å². The summed E-state index contributed by atoms with van der Waals surface area (Å²) in [5.41, 5.74) is 2.71. The van der Waals surface area contributed by atoms with Crippen molar-refractivity contribution in [3.63, 3.8) is 0 Å². The molecule has 1 heterocycles. The highest BCUT2D eigenvalue weighted by molar-refractivity contribution is 9.10. The van der Waals surface area contributed by atoms with Crippen LogP contribution in [0.2, 0.25) is 0 Å². The molecule has 1 saturated heterocycles. The van der Waals surface area contributed by atoms with E-state index in [9.17, 15) is 0 Å². The van der Waals surface area contributed by atoms with Crippen LogP contribution in [0.15, 0.2) is 22.7 Å². The Morgan fingerprint density at radius 1 is 1.33 bits per heavy atom. The third-order valence-electron chi connectivity index (χ3n) is 4.13. The smallest absolute Gasteiger partial charge is 0.0370 e. The van der Waals surface area contributed by atoms with Gasteiger partial charge in [-0.15, -0.1) is 0 Å². The standard InChI is InChI=1S/C15H21BrN2/c1-11-9-13(5-6-14(11)16)18-8-2-7-17-15(10-18)12-3-4-12/h5-6,9,12,15,17H,2-4,7-8,10H2,1H3. The minimum atomic E-state index is 0.705. The van der Waals surface area contributed by atoms with Gasteiger partial charge in [-0.25, -0.2) is 0 Å². The lowest BCUT2D eigenvalue weighted by Gasteiger charge is -2.27. The van der Waals surface area contributed by atoms with Gasteiger partial charge in [-0.05, 0) is 62.4 Å². The second-order valence-corrected chi connectivity index (χ2v) is 6.49. The maximum atomic E-state index is 3.72. The zero-order chi connectivity index (χ0) is 12.5. The van der Waals surface area contributed by atoms with Crippen LogP contribution in [0.1, 0.15) is 24.8 Å². The number of nitrogens with zero attached hydrogens (tertiary/aromatic N) is 1. The lowest BCUT2D eigenvalue weighted by atomic mass is 10.1. The molecule has 2 fully saturated rings. The van der Waals surface area contributed by atoms with E-state index >= 15 is 0 Å². The molecule has 18 heavy (non-hydrogen) atoms. The van der Waals surface area contributed by atoms with Gasteiger partial charge in [-0.2, -0.15) is 0 Å². The van der Waals surface area contributed by atoms with Crippen LogP contribution in [0.5, 0.6) is 0 Å². The Balaban J connectivity index is 1.78. The molecular weight excluding hydrogens is 288 g/mol. The van der Waals surface area contributed by atoms with Gasteiger partial charge in [0.05, 0.1) is 0 Å². The van der Waals surface area contributed by atoms with Crippen LogP contribution in [0.3, 0.4) is 0 Å². The quantitative estimate of drug-likeness (QED) is 0.901. The van der Waals surface area contributed by atoms with Gasteiger partial charge in [-0.3, -0.25) is 0 Å². The Morgan fingerprint density at radius 3 is 2.89 bits per heavy atom. The van der Waals surface area contributed by atoms with E-state index in [-0.39, 0.29) is 0 Å². The Morgan fingerprint density at radius 2 is 2.17 bits per heavy atom. The third kappa shape index (κ3) is 2.72. The van der Waals surface area contributed by atoms with Crippen LogP contribution in [0, 0.1) is 12.8 Å². The summed E-state index contributed by atoms with van der Waals surface area (Å²) in [6.45, 7) is 5.69. The summed E-state index contributed by atoms with van der Waals surface area (Å²) in [7, 11) is 0. The minimum Gasteiger partial charge on any atom is -0.370 e. The van der Waals surface area contributed by atoms with Gasteiger partial charge < -0.3 is 10.2 Å². The molecule has 0 amide bonds. The number of rotatable bonds is 2. The topological polar surface area (TPSA) is 15.3 Å². The fourth-order valence-electron chi connectivity index (χ4n) is 2.83. The average molecular weight is 309 g/mol. The van der Waals surface area contributed by atoms with E-state index in [2.05, 4.69) is 51.3 Å². The van der Waals surface area contributed by atoms with Crippen molar-refractivity contribution in [3.8, 4) is 0 Å². The predicted octanol–water partition coefficient (Wildman–Crippen LogP) is 3.34. The first-order valence-corrected chi connectivity index (χ1v) is 7.78. The van der Waals surface area contributed by atoms with E-state index in [0.717, 1.165) is 5.92 Å². The molecule has 2 nitrogen and oxygen atoms in total. The highest BCUT2D eigenvalue weighted by Gasteiger charge is 2.33. The Labute approximate surface area is 118 Å². The van der Waals surface area contributed by atoms with Gasteiger partial charge in [0, 0.05) is 29.3 Å². The molecule has 0 radical (unpaired) electrons. The van der Waals surface area contributed by atoms with Crippen LogP contribution in [-0.2, 0) is 0 Å². The molecule has 0 aromatic heterocycles. The molecule has 3 rings (SSSR count). The highest BCUT2D eigenvalue weighted by atomic mass is 79.9. The largest absolute Gasteiger partial charge is 0.370 e. The number of aryl methyl sites for hydroxylation is 1. The molecule has 1 aromatic carbocycles. The maximum absolute atomic E-state index is 3.72. The van der Waals surface area contributed by atoms with Crippen molar-refractivity contribution in [2.24, 2.45) is 5.92 Å². The van der Waals surface area contributed by atoms with Crippen LogP contribution >= 0.6 is 15.9 Å². The Kier molecular flexibility index (Phi) is 3.62. The lowest BCUT2D eigenvalue weighted by molar-refractivity contribution is 0.490. The van der Waals surface area contributed by atoms with E-state index in [1.165, 1.54) is 54.6 Å². The van der Waals surface area contributed by atoms with Crippen LogP contribution in [-0.4, -0.2) is 25.7 Å². The zero-order valence-corrected chi connectivity index (χ0v) is 12.5. The van der Waals surface area contributed by atoms with Gasteiger partial charge >= 0.3 is 0 Å². The lowest BCUT2D eigenvalue weighted by Crippen LogP contribution is -2.39. The van der Waals surface area contributed by atoms with E-state index < -0.39 is 0 Å². The third-order valence-corrected chi connectivity index (χ3v) is 5.02. The molecule has 98 valence electrons. The number of benzene rings is 1.